The van der Waals surface area contributed by atoms with Crippen LogP contribution in [0.3, 0.4) is 0 Å². The van der Waals surface area contributed by atoms with Crippen molar-refractivity contribution in [1.29, 1.82) is 0 Å². The number of aromatic nitrogens is 1. The Morgan fingerprint density at radius 1 is 0.909 bits per heavy atom. The number of hydrogen-bond donors (Lipinski definition) is 0. The van der Waals surface area contributed by atoms with Crippen LogP contribution in [-0.4, -0.2) is 14.8 Å². The van der Waals surface area contributed by atoms with Crippen molar-refractivity contribution in [1.82, 2.24) is 4.98 Å². The van der Waals surface area contributed by atoms with E-state index in [-0.39, 0.29) is 22.1 Å². The van der Waals surface area contributed by atoms with Gasteiger partial charge in [-0.05, 0) is 32.0 Å². The first-order valence-corrected chi connectivity index (χ1v) is 6.51. The van der Waals surface area contributed by atoms with Gasteiger partial charge in [-0.1, -0.05) is 6.07 Å². The van der Waals surface area contributed by atoms with Gasteiger partial charge in [0, 0.05) is 22.8 Å². The summed E-state index contributed by atoms with van der Waals surface area (Å²) in [5.74, 6) is 0. The van der Waals surface area contributed by atoms with Crippen molar-refractivity contribution in [3.63, 3.8) is 0 Å². The molecule has 0 amide bonds. The zero-order valence-corrected chi connectivity index (χ0v) is 11.9. The van der Waals surface area contributed by atoms with Crippen LogP contribution in [0.15, 0.2) is 30.5 Å². The molecule has 7 nitrogen and oxygen atoms in total. The average Bonchev–Trinajstić information content (AvgIpc) is 2.44. The van der Waals surface area contributed by atoms with Gasteiger partial charge in [-0.2, -0.15) is 0 Å². The standard InChI is InChI=1S/C15H11N3O4/c1-8-3-4-11-13(14(8)17(19)20)6-10-7-16-9(2)5-12(10)15(11)18(21)22/h3-7H,1-2H3. The molecule has 0 spiro atoms. The summed E-state index contributed by atoms with van der Waals surface area (Å²) in [5, 5.41) is 24.3. The molecule has 0 aliphatic rings. The number of fused-ring (bicyclic) bond motifs is 2. The summed E-state index contributed by atoms with van der Waals surface area (Å²) in [4.78, 5) is 26.0. The van der Waals surface area contributed by atoms with E-state index >= 15 is 0 Å². The number of nitro benzene ring substituents is 2. The first-order valence-electron chi connectivity index (χ1n) is 6.51. The van der Waals surface area contributed by atoms with Crippen LogP contribution >= 0.6 is 0 Å². The minimum absolute atomic E-state index is 0.108. The molecule has 0 radical (unpaired) electrons. The van der Waals surface area contributed by atoms with Crippen LogP contribution in [0.1, 0.15) is 11.3 Å². The highest BCUT2D eigenvalue weighted by molar-refractivity contribution is 6.11. The van der Waals surface area contributed by atoms with E-state index < -0.39 is 9.85 Å². The molecular weight excluding hydrogens is 286 g/mol. The molecule has 0 atom stereocenters. The lowest BCUT2D eigenvalue weighted by molar-refractivity contribution is -0.384. The van der Waals surface area contributed by atoms with Gasteiger partial charge in [-0.3, -0.25) is 25.2 Å². The number of benzene rings is 2. The zero-order chi connectivity index (χ0) is 16.0. The minimum Gasteiger partial charge on any atom is -0.261 e. The quantitative estimate of drug-likeness (QED) is 0.406. The van der Waals surface area contributed by atoms with Crippen molar-refractivity contribution in [2.45, 2.75) is 13.8 Å². The number of nitro groups is 2. The Labute approximate surface area is 124 Å². The molecule has 22 heavy (non-hydrogen) atoms. The van der Waals surface area contributed by atoms with Crippen LogP contribution < -0.4 is 0 Å². The third kappa shape index (κ3) is 1.95. The molecule has 0 unspecified atom stereocenters. The van der Waals surface area contributed by atoms with Gasteiger partial charge in [-0.15, -0.1) is 0 Å². The van der Waals surface area contributed by atoms with E-state index in [4.69, 9.17) is 0 Å². The molecule has 0 aliphatic carbocycles. The highest BCUT2D eigenvalue weighted by atomic mass is 16.6. The molecule has 3 rings (SSSR count). The number of rotatable bonds is 2. The Morgan fingerprint density at radius 2 is 1.59 bits per heavy atom. The summed E-state index contributed by atoms with van der Waals surface area (Å²) in [6.07, 6.45) is 1.50. The van der Waals surface area contributed by atoms with Crippen molar-refractivity contribution in [2.24, 2.45) is 0 Å². The van der Waals surface area contributed by atoms with Crippen LogP contribution in [0.5, 0.6) is 0 Å². The maximum absolute atomic E-state index is 11.5. The molecule has 1 heterocycles. The fraction of sp³-hybridized carbons (Fsp3) is 0.133. The molecule has 0 saturated heterocycles. The largest absolute Gasteiger partial charge is 0.285 e. The van der Waals surface area contributed by atoms with Crippen molar-refractivity contribution in [3.8, 4) is 0 Å². The predicted octanol–water partition coefficient (Wildman–Crippen LogP) is 3.82. The van der Waals surface area contributed by atoms with E-state index in [0.717, 1.165) is 0 Å². The first-order chi connectivity index (χ1) is 10.4. The summed E-state index contributed by atoms with van der Waals surface area (Å²) in [7, 11) is 0. The number of hydrogen-bond acceptors (Lipinski definition) is 5. The van der Waals surface area contributed by atoms with Crippen LogP contribution in [-0.2, 0) is 0 Å². The van der Waals surface area contributed by atoms with Gasteiger partial charge in [0.15, 0.2) is 0 Å². The summed E-state index contributed by atoms with van der Waals surface area (Å²) in [6.45, 7) is 3.35. The van der Waals surface area contributed by atoms with E-state index in [1.165, 1.54) is 12.3 Å². The lowest BCUT2D eigenvalue weighted by Crippen LogP contribution is -1.97. The number of nitrogens with zero attached hydrogens (tertiary/aromatic N) is 3. The summed E-state index contributed by atoms with van der Waals surface area (Å²) >= 11 is 0. The van der Waals surface area contributed by atoms with E-state index in [1.807, 2.05) is 0 Å². The monoisotopic (exact) mass is 297 g/mol. The van der Waals surface area contributed by atoms with Crippen LogP contribution in [0, 0.1) is 34.1 Å². The van der Waals surface area contributed by atoms with Gasteiger partial charge in [0.2, 0.25) is 0 Å². The van der Waals surface area contributed by atoms with Crippen LogP contribution in [0.2, 0.25) is 0 Å². The normalized spacial score (nSPS) is 11.0. The summed E-state index contributed by atoms with van der Waals surface area (Å²) < 4.78 is 0. The molecule has 0 aliphatic heterocycles. The van der Waals surface area contributed by atoms with Gasteiger partial charge in [0.1, 0.15) is 0 Å². The summed E-state index contributed by atoms with van der Waals surface area (Å²) in [5.41, 5.74) is 0.881. The highest BCUT2D eigenvalue weighted by Crippen LogP contribution is 2.39. The Morgan fingerprint density at radius 3 is 2.23 bits per heavy atom. The SMILES string of the molecule is Cc1cc2c([N+](=O)[O-])c3ccc(C)c([N+](=O)[O-])c3cc2cn1. The Balaban J connectivity index is 2.62. The second-order valence-electron chi connectivity index (χ2n) is 5.11. The maximum Gasteiger partial charge on any atom is 0.285 e. The molecule has 0 bridgehead atoms. The van der Waals surface area contributed by atoms with Gasteiger partial charge < -0.3 is 0 Å². The molecule has 0 saturated carbocycles. The van der Waals surface area contributed by atoms with Crippen LogP contribution in [0.25, 0.3) is 21.5 Å². The Kier molecular flexibility index (Phi) is 2.98. The number of aryl methyl sites for hydroxylation is 2. The second kappa shape index (κ2) is 4.73. The molecule has 2 aromatic carbocycles. The smallest absolute Gasteiger partial charge is 0.261 e. The average molecular weight is 297 g/mol. The number of pyridine rings is 1. The second-order valence-corrected chi connectivity index (χ2v) is 5.11. The van der Waals surface area contributed by atoms with E-state index in [2.05, 4.69) is 4.98 Å². The molecule has 0 N–H and O–H groups in total. The lowest BCUT2D eigenvalue weighted by atomic mass is 9.98. The van der Waals surface area contributed by atoms with Crippen molar-refractivity contribution in [2.75, 3.05) is 0 Å². The fourth-order valence-corrected chi connectivity index (χ4v) is 2.70. The maximum atomic E-state index is 11.5. The molecule has 3 aromatic rings. The third-order valence-corrected chi connectivity index (χ3v) is 3.67. The molecule has 7 heteroatoms. The Hall–Kier alpha value is -3.09. The summed E-state index contributed by atoms with van der Waals surface area (Å²) in [6, 6.07) is 6.31. The van der Waals surface area contributed by atoms with Crippen LogP contribution in [0.4, 0.5) is 11.4 Å². The fourth-order valence-electron chi connectivity index (χ4n) is 2.70. The topological polar surface area (TPSA) is 99.2 Å². The van der Waals surface area contributed by atoms with Crippen molar-refractivity contribution in [3.05, 3.63) is 61.9 Å². The van der Waals surface area contributed by atoms with Gasteiger partial charge >= 0.3 is 0 Å². The highest BCUT2D eigenvalue weighted by Gasteiger charge is 2.24. The van der Waals surface area contributed by atoms with Gasteiger partial charge in [0.05, 0.1) is 26.0 Å². The minimum atomic E-state index is -0.505. The lowest BCUT2D eigenvalue weighted by Gasteiger charge is -2.07. The zero-order valence-electron chi connectivity index (χ0n) is 11.9. The molecule has 110 valence electrons. The van der Waals surface area contributed by atoms with E-state index in [9.17, 15) is 20.2 Å². The van der Waals surface area contributed by atoms with Crippen molar-refractivity contribution >= 4 is 32.9 Å². The van der Waals surface area contributed by atoms with Crippen molar-refractivity contribution < 1.29 is 9.85 Å². The van der Waals surface area contributed by atoms with E-state index in [1.54, 1.807) is 32.0 Å². The Bertz CT molecular complexity index is 966. The first kappa shape index (κ1) is 13.9. The predicted molar refractivity (Wildman–Crippen MR) is 82.0 cm³/mol. The van der Waals surface area contributed by atoms with E-state index in [0.29, 0.717) is 22.0 Å². The molecule has 1 aromatic heterocycles. The third-order valence-electron chi connectivity index (χ3n) is 3.67. The number of non-ortho nitro benzene ring substituents is 1. The van der Waals surface area contributed by atoms with Gasteiger partial charge in [-0.25, -0.2) is 0 Å². The van der Waals surface area contributed by atoms with Gasteiger partial charge in [0.25, 0.3) is 11.4 Å². The molecular formula is C15H11N3O4. The molecule has 0 fully saturated rings.